The van der Waals surface area contributed by atoms with Crippen molar-refractivity contribution in [2.24, 2.45) is 5.92 Å². The summed E-state index contributed by atoms with van der Waals surface area (Å²) >= 11 is 0. The summed E-state index contributed by atoms with van der Waals surface area (Å²) in [7, 11) is 5.41. The van der Waals surface area contributed by atoms with E-state index in [1.807, 2.05) is 14.1 Å². The lowest BCUT2D eigenvalue weighted by molar-refractivity contribution is 0.0593. The lowest BCUT2D eigenvalue weighted by Gasteiger charge is -2.24. The van der Waals surface area contributed by atoms with Crippen LogP contribution < -0.4 is 5.32 Å². The van der Waals surface area contributed by atoms with E-state index in [1.165, 1.54) is 7.11 Å². The van der Waals surface area contributed by atoms with Crippen molar-refractivity contribution in [3.63, 3.8) is 0 Å². The molecule has 1 rings (SSSR count). The minimum atomic E-state index is -0.476. The number of ether oxygens (including phenoxy) is 1. The Bertz CT molecular complexity index is 408. The topological polar surface area (TPSA) is 67.3 Å². The van der Waals surface area contributed by atoms with Gasteiger partial charge in [-0.3, -0.25) is 0 Å². The van der Waals surface area contributed by atoms with Gasteiger partial charge in [0, 0.05) is 12.6 Å². The zero-order chi connectivity index (χ0) is 15.1. The second kappa shape index (κ2) is 7.79. The number of anilines is 1. The maximum Gasteiger partial charge on any atom is 0.358 e. The molecule has 0 aromatic carbocycles. The predicted molar refractivity (Wildman–Crippen MR) is 78.8 cm³/mol. The molecule has 1 atom stereocenters. The van der Waals surface area contributed by atoms with Crippen LogP contribution in [-0.2, 0) is 4.74 Å². The van der Waals surface area contributed by atoms with Gasteiger partial charge < -0.3 is 15.0 Å². The van der Waals surface area contributed by atoms with Crippen molar-refractivity contribution in [2.75, 3.05) is 33.1 Å². The van der Waals surface area contributed by atoms with E-state index in [2.05, 4.69) is 39.0 Å². The summed E-state index contributed by atoms with van der Waals surface area (Å²) in [6.07, 6.45) is 1.04. The average molecular weight is 280 g/mol. The number of hydrogen-bond acceptors (Lipinski definition) is 6. The molecule has 6 nitrogen and oxygen atoms in total. The largest absolute Gasteiger partial charge is 0.464 e. The molecule has 1 unspecified atom stereocenters. The Balaban J connectivity index is 2.70. The first-order valence-electron chi connectivity index (χ1n) is 6.75. The second-order valence-electron chi connectivity index (χ2n) is 5.53. The molecular formula is C14H24N4O2. The normalized spacial score (nSPS) is 12.6. The summed E-state index contributed by atoms with van der Waals surface area (Å²) in [5, 5.41) is 11.2. The van der Waals surface area contributed by atoms with Gasteiger partial charge >= 0.3 is 5.97 Å². The van der Waals surface area contributed by atoms with Crippen LogP contribution in [0.4, 0.5) is 5.82 Å². The van der Waals surface area contributed by atoms with Gasteiger partial charge in [-0.05, 0) is 38.6 Å². The molecule has 1 aromatic rings. The molecule has 0 aliphatic heterocycles. The molecule has 1 aromatic heterocycles. The molecular weight excluding hydrogens is 256 g/mol. The van der Waals surface area contributed by atoms with Crippen molar-refractivity contribution in [1.29, 1.82) is 0 Å². The summed E-state index contributed by atoms with van der Waals surface area (Å²) in [6.45, 7) is 5.30. The van der Waals surface area contributed by atoms with Gasteiger partial charge in [0.05, 0.1) is 7.11 Å². The van der Waals surface area contributed by atoms with E-state index in [-0.39, 0.29) is 5.69 Å². The number of nitrogens with zero attached hydrogens (tertiary/aromatic N) is 3. The lowest BCUT2D eigenvalue weighted by atomic mass is 10.0. The number of rotatable bonds is 7. The Kier molecular flexibility index (Phi) is 6.38. The molecule has 0 fully saturated rings. The van der Waals surface area contributed by atoms with Gasteiger partial charge in [0.1, 0.15) is 5.82 Å². The van der Waals surface area contributed by atoms with Crippen LogP contribution >= 0.6 is 0 Å². The van der Waals surface area contributed by atoms with Gasteiger partial charge in [-0.25, -0.2) is 4.79 Å². The number of hydrogen-bond donors (Lipinski definition) is 1. The molecule has 0 aliphatic rings. The Morgan fingerprint density at radius 3 is 2.50 bits per heavy atom. The zero-order valence-corrected chi connectivity index (χ0v) is 12.9. The molecule has 20 heavy (non-hydrogen) atoms. The maximum atomic E-state index is 11.3. The first-order chi connectivity index (χ1) is 9.42. The number of esters is 1. The molecule has 1 N–H and O–H groups in total. The first kappa shape index (κ1) is 16.4. The van der Waals surface area contributed by atoms with Crippen molar-refractivity contribution in [2.45, 2.75) is 26.3 Å². The summed E-state index contributed by atoms with van der Waals surface area (Å²) in [4.78, 5) is 13.4. The van der Waals surface area contributed by atoms with E-state index in [1.54, 1.807) is 12.1 Å². The molecule has 0 saturated heterocycles. The summed E-state index contributed by atoms with van der Waals surface area (Å²) in [5.41, 5.74) is 0.214. The minimum Gasteiger partial charge on any atom is -0.464 e. The third kappa shape index (κ3) is 5.52. The second-order valence-corrected chi connectivity index (χ2v) is 5.53. The third-order valence-electron chi connectivity index (χ3n) is 2.75. The summed E-state index contributed by atoms with van der Waals surface area (Å²) < 4.78 is 4.59. The number of carbonyl (C=O) groups excluding carboxylic acids is 1. The predicted octanol–water partition coefficient (Wildman–Crippen LogP) is 1.65. The van der Waals surface area contributed by atoms with E-state index in [9.17, 15) is 4.79 Å². The highest BCUT2D eigenvalue weighted by molar-refractivity contribution is 5.86. The number of likely N-dealkylation sites (N-methyl/N-ethyl adjacent to an activating group) is 1. The van der Waals surface area contributed by atoms with Crippen LogP contribution in [0.2, 0.25) is 0 Å². The van der Waals surface area contributed by atoms with Crippen molar-refractivity contribution in [3.8, 4) is 0 Å². The van der Waals surface area contributed by atoms with Gasteiger partial charge in [-0.1, -0.05) is 13.8 Å². The highest BCUT2D eigenvalue weighted by Crippen LogP contribution is 2.11. The smallest absolute Gasteiger partial charge is 0.358 e. The molecule has 112 valence electrons. The van der Waals surface area contributed by atoms with Crippen LogP contribution in [0.1, 0.15) is 30.8 Å². The van der Waals surface area contributed by atoms with Crippen LogP contribution in [0.25, 0.3) is 0 Å². The van der Waals surface area contributed by atoms with E-state index in [0.717, 1.165) is 13.0 Å². The van der Waals surface area contributed by atoms with E-state index in [4.69, 9.17) is 0 Å². The van der Waals surface area contributed by atoms with Crippen LogP contribution in [0.15, 0.2) is 12.1 Å². The molecule has 0 aliphatic carbocycles. The fourth-order valence-electron chi connectivity index (χ4n) is 2.02. The number of aromatic nitrogens is 2. The van der Waals surface area contributed by atoms with Crippen molar-refractivity contribution < 1.29 is 9.53 Å². The Labute approximate surface area is 120 Å². The highest BCUT2D eigenvalue weighted by atomic mass is 16.5. The van der Waals surface area contributed by atoms with Crippen LogP contribution in [-0.4, -0.2) is 54.9 Å². The van der Waals surface area contributed by atoms with Crippen molar-refractivity contribution >= 4 is 11.8 Å². The van der Waals surface area contributed by atoms with Gasteiger partial charge in [-0.2, -0.15) is 0 Å². The quantitative estimate of drug-likeness (QED) is 0.766. The number of nitrogens with one attached hydrogen (secondary N) is 1. The van der Waals surface area contributed by atoms with E-state index >= 15 is 0 Å². The first-order valence-corrected chi connectivity index (χ1v) is 6.75. The molecule has 0 bridgehead atoms. The summed E-state index contributed by atoms with van der Waals surface area (Å²) in [6, 6.07) is 3.66. The van der Waals surface area contributed by atoms with Gasteiger partial charge in [0.2, 0.25) is 0 Å². The third-order valence-corrected chi connectivity index (χ3v) is 2.75. The number of carbonyl (C=O) groups is 1. The molecule has 0 amide bonds. The van der Waals surface area contributed by atoms with Gasteiger partial charge in [0.25, 0.3) is 0 Å². The lowest BCUT2D eigenvalue weighted by Crippen LogP contribution is -2.33. The molecule has 0 spiro atoms. The van der Waals surface area contributed by atoms with Crippen LogP contribution in [0, 0.1) is 5.92 Å². The minimum absolute atomic E-state index is 0.214. The molecule has 0 saturated carbocycles. The summed E-state index contributed by atoms with van der Waals surface area (Å²) in [5.74, 6) is 0.788. The highest BCUT2D eigenvalue weighted by Gasteiger charge is 2.14. The van der Waals surface area contributed by atoms with Gasteiger partial charge in [-0.15, -0.1) is 10.2 Å². The standard InChI is InChI=1S/C14H24N4O2/c1-10(2)8-11(9-18(3)4)15-13-7-6-12(16-17-13)14(19)20-5/h6-7,10-11H,8-9H2,1-5H3,(H,15,17). The monoisotopic (exact) mass is 280 g/mol. The van der Waals surface area contributed by atoms with E-state index < -0.39 is 5.97 Å². The molecule has 6 heteroatoms. The fourth-order valence-corrected chi connectivity index (χ4v) is 2.02. The van der Waals surface area contributed by atoms with Crippen molar-refractivity contribution in [3.05, 3.63) is 17.8 Å². The Morgan fingerprint density at radius 2 is 2.05 bits per heavy atom. The Hall–Kier alpha value is -1.69. The van der Waals surface area contributed by atoms with Crippen LogP contribution in [0.5, 0.6) is 0 Å². The van der Waals surface area contributed by atoms with Crippen LogP contribution in [0.3, 0.4) is 0 Å². The van der Waals surface area contributed by atoms with E-state index in [0.29, 0.717) is 17.8 Å². The fraction of sp³-hybridized carbons (Fsp3) is 0.643. The number of methoxy groups -OCH3 is 1. The SMILES string of the molecule is COC(=O)c1ccc(NC(CC(C)C)CN(C)C)nn1. The average Bonchev–Trinajstić information content (AvgIpc) is 2.37. The molecule has 1 heterocycles. The van der Waals surface area contributed by atoms with Gasteiger partial charge in [0.15, 0.2) is 5.69 Å². The maximum absolute atomic E-state index is 11.3. The molecule has 0 radical (unpaired) electrons. The zero-order valence-electron chi connectivity index (χ0n) is 12.9. The van der Waals surface area contributed by atoms with Crippen molar-refractivity contribution in [1.82, 2.24) is 15.1 Å². The Morgan fingerprint density at radius 1 is 1.35 bits per heavy atom.